The van der Waals surface area contributed by atoms with Crippen molar-refractivity contribution < 1.29 is 0 Å². The van der Waals surface area contributed by atoms with Crippen molar-refractivity contribution in [2.24, 2.45) is 0 Å². The highest BCUT2D eigenvalue weighted by Gasteiger charge is 2.15. The molecule has 0 amide bonds. The first-order valence-corrected chi connectivity index (χ1v) is 13.0. The Labute approximate surface area is 210 Å². The maximum absolute atomic E-state index is 2.64. The van der Waals surface area contributed by atoms with Crippen LogP contribution in [-0.4, -0.2) is 67.7 Å². The van der Waals surface area contributed by atoms with Gasteiger partial charge in [0.05, 0.1) is 0 Å². The Balaban J connectivity index is 1.05. The van der Waals surface area contributed by atoms with Crippen molar-refractivity contribution in [1.82, 2.24) is 14.4 Å². The monoisotopic (exact) mass is 466 g/mol. The van der Waals surface area contributed by atoms with Gasteiger partial charge in [0.15, 0.2) is 0 Å². The van der Waals surface area contributed by atoms with E-state index in [1.54, 1.807) is 0 Å². The molecular formula is C31H38N4. The molecule has 1 aromatic heterocycles. The smallest absolute Gasteiger partial charge is 0.0491 e. The fourth-order valence-electron chi connectivity index (χ4n) is 5.27. The number of aryl methyl sites for hydroxylation is 1. The molecule has 0 radical (unpaired) electrons. The molecule has 1 saturated heterocycles. The lowest BCUT2D eigenvalue weighted by Crippen LogP contribution is -2.46. The van der Waals surface area contributed by atoms with Crippen LogP contribution in [0.2, 0.25) is 0 Å². The molecule has 1 aliphatic rings. The lowest BCUT2D eigenvalue weighted by molar-refractivity contribution is 0.140. The molecule has 35 heavy (non-hydrogen) atoms. The van der Waals surface area contributed by atoms with E-state index in [9.17, 15) is 0 Å². The maximum Gasteiger partial charge on any atom is 0.0491 e. The van der Waals surface area contributed by atoms with Crippen LogP contribution in [-0.2, 0) is 6.54 Å². The molecule has 4 aromatic rings. The van der Waals surface area contributed by atoms with E-state index in [-0.39, 0.29) is 0 Å². The number of piperazine rings is 1. The summed E-state index contributed by atoms with van der Waals surface area (Å²) in [6, 6.07) is 26.4. The summed E-state index contributed by atoms with van der Waals surface area (Å²) in [4.78, 5) is 7.35. The number of unbranched alkanes of at least 4 members (excludes halogenated alkanes) is 1. The zero-order valence-corrected chi connectivity index (χ0v) is 21.2. The van der Waals surface area contributed by atoms with Gasteiger partial charge in [-0.3, -0.25) is 4.90 Å². The van der Waals surface area contributed by atoms with Gasteiger partial charge in [-0.05, 0) is 49.2 Å². The van der Waals surface area contributed by atoms with E-state index >= 15 is 0 Å². The van der Waals surface area contributed by atoms with Crippen LogP contribution in [0.1, 0.15) is 18.4 Å². The standard InChI is InChI=1S/C31H38N4/c1-32(2)27-17-15-26(16-18-27)10-9-20-34-24-22-33(23-25-34)19-7-8-21-35-30-13-5-3-11-28(30)29-12-4-6-14-31(29)35/h3-6,9-18H,7-8,19-25H2,1-2H3/b10-9+. The number of para-hydroxylation sites is 2. The van der Waals surface area contributed by atoms with Crippen molar-refractivity contribution >= 4 is 33.6 Å². The van der Waals surface area contributed by atoms with Crippen molar-refractivity contribution in [3.05, 3.63) is 84.4 Å². The second kappa shape index (κ2) is 11.1. The van der Waals surface area contributed by atoms with Crippen molar-refractivity contribution in [1.29, 1.82) is 0 Å². The Morgan fingerprint density at radius 2 is 1.26 bits per heavy atom. The van der Waals surface area contributed by atoms with Crippen LogP contribution in [0, 0.1) is 0 Å². The van der Waals surface area contributed by atoms with Gasteiger partial charge in [-0.1, -0.05) is 60.7 Å². The summed E-state index contributed by atoms with van der Waals surface area (Å²) >= 11 is 0. The Kier molecular flexibility index (Phi) is 7.51. The van der Waals surface area contributed by atoms with Crippen molar-refractivity contribution in [2.75, 3.05) is 58.3 Å². The number of hydrogen-bond acceptors (Lipinski definition) is 3. The van der Waals surface area contributed by atoms with Crippen LogP contribution in [0.5, 0.6) is 0 Å². The Morgan fingerprint density at radius 3 is 1.89 bits per heavy atom. The summed E-state index contributed by atoms with van der Waals surface area (Å²) in [5.41, 5.74) is 5.25. The molecule has 4 nitrogen and oxygen atoms in total. The Bertz CT molecular complexity index is 1210. The summed E-state index contributed by atoms with van der Waals surface area (Å²) < 4.78 is 2.52. The molecule has 5 rings (SSSR count). The minimum Gasteiger partial charge on any atom is -0.378 e. The van der Waals surface area contributed by atoms with E-state index in [0.717, 1.165) is 26.2 Å². The Morgan fingerprint density at radius 1 is 0.686 bits per heavy atom. The predicted molar refractivity (Wildman–Crippen MR) is 151 cm³/mol. The zero-order chi connectivity index (χ0) is 24.0. The van der Waals surface area contributed by atoms with Gasteiger partial charge in [-0.2, -0.15) is 0 Å². The molecular weight excluding hydrogens is 428 g/mol. The summed E-state index contributed by atoms with van der Waals surface area (Å²) in [6.07, 6.45) is 7.04. The van der Waals surface area contributed by atoms with Gasteiger partial charge < -0.3 is 14.4 Å². The molecule has 3 aromatic carbocycles. The number of aromatic nitrogens is 1. The maximum atomic E-state index is 2.64. The topological polar surface area (TPSA) is 14.7 Å². The van der Waals surface area contributed by atoms with E-state index in [1.165, 1.54) is 65.5 Å². The lowest BCUT2D eigenvalue weighted by Gasteiger charge is -2.34. The van der Waals surface area contributed by atoms with Crippen LogP contribution < -0.4 is 4.90 Å². The lowest BCUT2D eigenvalue weighted by atomic mass is 10.2. The SMILES string of the molecule is CN(C)c1ccc(/C=C/CN2CCN(CCCCn3c4ccccc4c4ccccc43)CC2)cc1. The average molecular weight is 467 g/mol. The molecule has 4 heteroatoms. The quantitative estimate of drug-likeness (QED) is 0.282. The molecule has 1 fully saturated rings. The van der Waals surface area contributed by atoms with Crippen molar-refractivity contribution in [3.8, 4) is 0 Å². The molecule has 0 atom stereocenters. The molecule has 0 saturated carbocycles. The molecule has 0 N–H and O–H groups in total. The zero-order valence-electron chi connectivity index (χ0n) is 21.2. The minimum absolute atomic E-state index is 1.04. The third-order valence-electron chi connectivity index (χ3n) is 7.33. The van der Waals surface area contributed by atoms with Gasteiger partial charge >= 0.3 is 0 Å². The third-order valence-corrected chi connectivity index (χ3v) is 7.33. The molecule has 2 heterocycles. The highest BCUT2D eigenvalue weighted by Crippen LogP contribution is 2.29. The van der Waals surface area contributed by atoms with Gasteiger partial charge in [0.1, 0.15) is 0 Å². The molecule has 0 bridgehead atoms. The summed E-state index contributed by atoms with van der Waals surface area (Å²) in [5, 5.41) is 2.75. The third kappa shape index (κ3) is 5.61. The number of fused-ring (bicyclic) bond motifs is 3. The van der Waals surface area contributed by atoms with Gasteiger partial charge in [-0.25, -0.2) is 0 Å². The predicted octanol–water partition coefficient (Wildman–Crippen LogP) is 5.97. The first-order valence-electron chi connectivity index (χ1n) is 13.0. The average Bonchev–Trinajstić information content (AvgIpc) is 3.21. The van der Waals surface area contributed by atoms with E-state index < -0.39 is 0 Å². The van der Waals surface area contributed by atoms with Crippen molar-refractivity contribution in [2.45, 2.75) is 19.4 Å². The van der Waals surface area contributed by atoms with Crippen LogP contribution in [0.3, 0.4) is 0 Å². The second-order valence-electron chi connectivity index (χ2n) is 9.92. The van der Waals surface area contributed by atoms with Gasteiger partial charge in [0, 0.05) is 80.9 Å². The summed E-state index contributed by atoms with van der Waals surface area (Å²) in [7, 11) is 4.16. The van der Waals surface area contributed by atoms with Crippen molar-refractivity contribution in [3.63, 3.8) is 0 Å². The van der Waals surface area contributed by atoms with Crippen LogP contribution in [0.15, 0.2) is 78.9 Å². The fourth-order valence-corrected chi connectivity index (χ4v) is 5.27. The fraction of sp³-hybridized carbons (Fsp3) is 0.355. The largest absolute Gasteiger partial charge is 0.378 e. The second-order valence-corrected chi connectivity index (χ2v) is 9.92. The number of anilines is 1. The molecule has 182 valence electrons. The number of rotatable bonds is 9. The first kappa shape index (κ1) is 23.7. The molecule has 0 spiro atoms. The van der Waals surface area contributed by atoms with Crippen LogP contribution >= 0.6 is 0 Å². The highest BCUT2D eigenvalue weighted by molar-refractivity contribution is 6.07. The summed E-state index contributed by atoms with van der Waals surface area (Å²) in [5.74, 6) is 0. The van der Waals surface area contributed by atoms with Gasteiger partial charge in [0.2, 0.25) is 0 Å². The van der Waals surface area contributed by atoms with Crippen LogP contribution in [0.4, 0.5) is 5.69 Å². The molecule has 0 unspecified atom stereocenters. The van der Waals surface area contributed by atoms with E-state index in [0.29, 0.717) is 0 Å². The van der Waals surface area contributed by atoms with Gasteiger partial charge in [0.25, 0.3) is 0 Å². The number of hydrogen-bond donors (Lipinski definition) is 0. The van der Waals surface area contributed by atoms with E-state index in [2.05, 4.69) is 118 Å². The van der Waals surface area contributed by atoms with Crippen LogP contribution in [0.25, 0.3) is 27.9 Å². The van der Waals surface area contributed by atoms with E-state index in [1.807, 2.05) is 0 Å². The first-order chi connectivity index (χ1) is 17.2. The highest BCUT2D eigenvalue weighted by atomic mass is 15.3. The van der Waals surface area contributed by atoms with E-state index in [4.69, 9.17) is 0 Å². The normalized spacial score (nSPS) is 15.5. The number of benzene rings is 3. The summed E-state index contributed by atoms with van der Waals surface area (Å²) in [6.45, 7) is 8.03. The Hall–Kier alpha value is -3.08. The number of nitrogens with zero attached hydrogens (tertiary/aromatic N) is 4. The molecule has 1 aliphatic heterocycles. The minimum atomic E-state index is 1.04. The molecule has 0 aliphatic carbocycles. The van der Waals surface area contributed by atoms with Gasteiger partial charge in [-0.15, -0.1) is 0 Å².